The van der Waals surface area contributed by atoms with E-state index in [-0.39, 0.29) is 35.0 Å². The summed E-state index contributed by atoms with van der Waals surface area (Å²) in [7, 11) is -1.66. The van der Waals surface area contributed by atoms with Crippen molar-refractivity contribution in [1.82, 2.24) is 4.72 Å². The number of benzene rings is 2. The van der Waals surface area contributed by atoms with E-state index in [1.54, 1.807) is 13.2 Å². The number of methoxy groups -OCH3 is 1. The van der Waals surface area contributed by atoms with Gasteiger partial charge in [0.05, 0.1) is 24.2 Å². The van der Waals surface area contributed by atoms with Crippen LogP contribution >= 0.6 is 11.6 Å². The average molecular weight is 738 g/mol. The Hall–Kier alpha value is -2.92. The second-order valence-electron chi connectivity index (χ2n) is 15.6. The molecule has 5 atom stereocenters. The van der Waals surface area contributed by atoms with Gasteiger partial charge >= 0.3 is 0 Å². The molecule has 1 spiro atoms. The highest BCUT2D eigenvalue weighted by Gasteiger charge is 2.48. The molecule has 2 aliphatic carbocycles. The van der Waals surface area contributed by atoms with Crippen LogP contribution in [0, 0.1) is 29.1 Å². The molecule has 51 heavy (non-hydrogen) atoms. The third-order valence-corrected chi connectivity index (χ3v) is 14.2. The smallest absolute Gasteiger partial charge is 0.286 e. The summed E-state index contributed by atoms with van der Waals surface area (Å²) in [5.41, 5.74) is 3.68. The minimum atomic E-state index is -3.43. The minimum absolute atomic E-state index is 0.0487. The first kappa shape index (κ1) is 36.4. The van der Waals surface area contributed by atoms with Crippen molar-refractivity contribution in [3.63, 3.8) is 0 Å². The zero-order valence-corrected chi connectivity index (χ0v) is 31.5. The van der Waals surface area contributed by atoms with E-state index in [0.717, 1.165) is 88.3 Å². The topological polar surface area (TPSA) is 107 Å². The average Bonchev–Trinajstić information content (AvgIpc) is 3.11. The third kappa shape index (κ3) is 8.34. The minimum Gasteiger partial charge on any atom is -0.491 e. The van der Waals surface area contributed by atoms with Gasteiger partial charge in [-0.05, 0) is 129 Å². The summed E-state index contributed by atoms with van der Waals surface area (Å²) >= 11 is 6.48. The van der Waals surface area contributed by atoms with Gasteiger partial charge in [-0.25, -0.2) is 4.21 Å². The molecule has 11 heteroatoms. The van der Waals surface area contributed by atoms with E-state index in [1.807, 2.05) is 25.1 Å². The van der Waals surface area contributed by atoms with E-state index < -0.39 is 15.8 Å². The molecule has 276 valence electrons. The highest BCUT2D eigenvalue weighted by atomic mass is 35.5. The number of fused-ring (bicyclic) bond motifs is 3. The van der Waals surface area contributed by atoms with Crippen molar-refractivity contribution in [2.75, 3.05) is 44.1 Å². The number of hydrogen-bond acceptors (Lipinski definition) is 7. The van der Waals surface area contributed by atoms with Crippen molar-refractivity contribution in [3.05, 3.63) is 70.3 Å². The van der Waals surface area contributed by atoms with Crippen LogP contribution in [0.4, 0.5) is 5.69 Å². The summed E-state index contributed by atoms with van der Waals surface area (Å²) in [5.74, 6) is 0.285. The maximum Gasteiger partial charge on any atom is 0.286 e. The Bertz CT molecular complexity index is 1760. The molecule has 2 bridgehead atoms. The zero-order chi connectivity index (χ0) is 35.6. The molecule has 5 aliphatic rings. The van der Waals surface area contributed by atoms with Crippen LogP contribution in [0.2, 0.25) is 5.02 Å². The molecule has 2 saturated carbocycles. The molecule has 3 heterocycles. The number of allylic oxidation sites excluding steroid dienone is 1. The van der Waals surface area contributed by atoms with Crippen molar-refractivity contribution in [2.45, 2.75) is 83.8 Å². The second-order valence-corrected chi connectivity index (χ2v) is 18.1. The normalized spacial score (nSPS) is 30.6. The number of nitrogens with zero attached hydrogens (tertiary/aromatic N) is 2. The molecule has 7 rings (SSSR count). The lowest BCUT2D eigenvalue weighted by Crippen LogP contribution is -2.49. The molecule has 3 aliphatic heterocycles. The molecular weight excluding hydrogens is 686 g/mol. The zero-order valence-electron chi connectivity index (χ0n) is 29.9. The Labute approximate surface area is 308 Å². The van der Waals surface area contributed by atoms with E-state index in [4.69, 9.17) is 25.8 Å². The number of hydrogen-bond donors (Lipinski definition) is 1. The summed E-state index contributed by atoms with van der Waals surface area (Å²) in [4.78, 5) is 30.0. The van der Waals surface area contributed by atoms with Gasteiger partial charge in [0, 0.05) is 49.9 Å². The van der Waals surface area contributed by atoms with Crippen molar-refractivity contribution >= 4 is 39.0 Å². The lowest BCUT2D eigenvalue weighted by atomic mass is 9.58. The Morgan fingerprint density at radius 3 is 2.67 bits per heavy atom. The molecule has 9 nitrogen and oxygen atoms in total. The fourth-order valence-corrected chi connectivity index (χ4v) is 11.0. The molecule has 2 amide bonds. The Kier molecular flexibility index (Phi) is 11.1. The van der Waals surface area contributed by atoms with Crippen LogP contribution in [0.15, 0.2) is 52.9 Å². The molecule has 1 N–H and O–H groups in total. The van der Waals surface area contributed by atoms with Crippen LogP contribution in [-0.2, 0) is 37.1 Å². The summed E-state index contributed by atoms with van der Waals surface area (Å²) in [6.45, 7) is 5.35. The predicted molar refractivity (Wildman–Crippen MR) is 200 cm³/mol. The van der Waals surface area contributed by atoms with Gasteiger partial charge in [0.1, 0.15) is 15.7 Å². The van der Waals surface area contributed by atoms with Gasteiger partial charge in [-0.15, -0.1) is 4.36 Å². The predicted octanol–water partition coefficient (Wildman–Crippen LogP) is 7.55. The van der Waals surface area contributed by atoms with Gasteiger partial charge in [0.2, 0.25) is 5.91 Å². The SMILES string of the molecule is CO[C@H]1/C=C/C[C@H](C)CS(=O)(NC(=O)C2CC3(CCOCC3)C2)=NC(=O)c2ccc3c(c2)N(Cc2ccc(Cl)cc2CCCCO3)C[C@@H]2CC[C@H]21. The fraction of sp³-hybridized carbons (Fsp3) is 0.600. The number of anilines is 1. The number of aryl methyl sites for hydroxylation is 1. The second kappa shape index (κ2) is 15.6. The lowest BCUT2D eigenvalue weighted by Gasteiger charge is -2.49. The van der Waals surface area contributed by atoms with Crippen molar-refractivity contribution in [3.8, 4) is 5.75 Å². The molecular formula is C40H52ClN3O6S. The monoisotopic (exact) mass is 737 g/mol. The van der Waals surface area contributed by atoms with Gasteiger partial charge in [-0.1, -0.05) is 36.7 Å². The standard InChI is InChI=1S/C40H52ClN3O6S/c1-27-6-5-8-36(48-2)34-13-10-31(34)25-44-24-30-9-12-33(41)20-28(30)7-3-4-17-50-37-14-11-29(21-35(37)44)38(45)42-51(47,26-27)43-39(46)32-22-40(23-32)15-18-49-19-16-40/h5,8-9,11-12,14,20-21,27,31-32,34,36H,3-4,6-7,10,13,15-19,22-26H2,1-2H3,(H,42,43,45,46,47)/b8-5+/t27-,31-,34+,36-,51?/m0/s1. The van der Waals surface area contributed by atoms with Crippen LogP contribution in [0.3, 0.4) is 0 Å². The van der Waals surface area contributed by atoms with Gasteiger partial charge in [0.25, 0.3) is 5.91 Å². The molecule has 0 radical (unpaired) electrons. The Morgan fingerprint density at radius 1 is 1.08 bits per heavy atom. The number of halogens is 1. The fourth-order valence-electron chi connectivity index (χ4n) is 8.80. The van der Waals surface area contributed by atoms with E-state index in [1.165, 1.54) is 11.1 Å². The lowest BCUT2D eigenvalue weighted by molar-refractivity contribution is -0.135. The summed E-state index contributed by atoms with van der Waals surface area (Å²) in [5, 5.41) is 0.724. The van der Waals surface area contributed by atoms with Crippen molar-refractivity contribution < 1.29 is 28.0 Å². The third-order valence-electron chi connectivity index (χ3n) is 11.9. The number of carbonyl (C=O) groups is 2. The Balaban J connectivity index is 1.26. The van der Waals surface area contributed by atoms with Gasteiger partial charge in [0.15, 0.2) is 0 Å². The van der Waals surface area contributed by atoms with E-state index >= 15 is 0 Å². The number of amides is 2. The largest absolute Gasteiger partial charge is 0.491 e. The highest BCUT2D eigenvalue weighted by Crippen LogP contribution is 2.52. The van der Waals surface area contributed by atoms with Crippen LogP contribution in [0.1, 0.15) is 86.2 Å². The van der Waals surface area contributed by atoms with Crippen molar-refractivity contribution in [2.24, 2.45) is 33.4 Å². The van der Waals surface area contributed by atoms with Crippen LogP contribution in [0.25, 0.3) is 0 Å². The number of ether oxygens (including phenoxy) is 3. The summed E-state index contributed by atoms with van der Waals surface area (Å²) in [6, 6.07) is 11.5. The van der Waals surface area contributed by atoms with Gasteiger partial charge in [-0.2, -0.15) is 0 Å². The summed E-state index contributed by atoms with van der Waals surface area (Å²) in [6.07, 6.45) is 13.1. The number of nitrogens with one attached hydrogen (secondary N) is 1. The van der Waals surface area contributed by atoms with E-state index in [9.17, 15) is 13.8 Å². The first-order chi connectivity index (χ1) is 24.6. The van der Waals surface area contributed by atoms with Gasteiger partial charge < -0.3 is 19.1 Å². The maximum absolute atomic E-state index is 14.6. The molecule has 2 aromatic carbocycles. The van der Waals surface area contributed by atoms with Crippen molar-refractivity contribution in [1.29, 1.82) is 0 Å². The van der Waals surface area contributed by atoms with Crippen LogP contribution < -0.4 is 14.4 Å². The van der Waals surface area contributed by atoms with Gasteiger partial charge in [-0.3, -0.25) is 14.3 Å². The first-order valence-electron chi connectivity index (χ1n) is 18.8. The molecule has 1 unspecified atom stereocenters. The van der Waals surface area contributed by atoms with Crippen LogP contribution in [-0.4, -0.2) is 61.4 Å². The first-order valence-corrected chi connectivity index (χ1v) is 20.9. The number of rotatable bonds is 3. The van der Waals surface area contributed by atoms with E-state index in [0.29, 0.717) is 42.7 Å². The van der Waals surface area contributed by atoms with Crippen LogP contribution in [0.5, 0.6) is 5.75 Å². The quantitative estimate of drug-likeness (QED) is 0.325. The molecule has 3 fully saturated rings. The van der Waals surface area contributed by atoms with E-state index in [2.05, 4.69) is 38.3 Å². The highest BCUT2D eigenvalue weighted by molar-refractivity contribution is 7.92. The Morgan fingerprint density at radius 2 is 1.90 bits per heavy atom. The molecule has 0 aromatic heterocycles. The molecule has 2 aromatic rings. The number of carbonyl (C=O) groups excluding carboxylic acids is 2. The summed E-state index contributed by atoms with van der Waals surface area (Å²) < 4.78 is 39.8. The maximum atomic E-state index is 14.6. The molecule has 1 saturated heterocycles.